The molecule has 4 rings (SSSR count). The van der Waals surface area contributed by atoms with E-state index in [4.69, 9.17) is 4.42 Å². The summed E-state index contributed by atoms with van der Waals surface area (Å²) in [6, 6.07) is 7.21. The third kappa shape index (κ3) is 3.09. The molecule has 0 radical (unpaired) electrons. The summed E-state index contributed by atoms with van der Waals surface area (Å²) in [4.78, 5) is 31.3. The maximum absolute atomic E-state index is 12.9. The highest BCUT2D eigenvalue weighted by molar-refractivity contribution is 7.18. The number of aromatic nitrogens is 2. The van der Waals surface area contributed by atoms with Gasteiger partial charge in [-0.25, -0.2) is 4.98 Å². The lowest BCUT2D eigenvalue weighted by molar-refractivity contribution is -0.122. The second-order valence-electron chi connectivity index (χ2n) is 5.79. The molecule has 0 bridgehead atoms. The summed E-state index contributed by atoms with van der Waals surface area (Å²) in [5.41, 5.74) is 0.664. The third-order valence-corrected chi connectivity index (χ3v) is 5.80. The number of furan rings is 1. The highest BCUT2D eigenvalue weighted by Gasteiger charge is 2.16. The van der Waals surface area contributed by atoms with Crippen molar-refractivity contribution in [1.82, 2.24) is 14.9 Å². The van der Waals surface area contributed by atoms with Crippen LogP contribution in [0.3, 0.4) is 0 Å². The van der Waals surface area contributed by atoms with Crippen LogP contribution in [0.5, 0.6) is 0 Å². The fraction of sp³-hybridized carbons (Fsp3) is 0.167. The minimum Gasteiger partial charge on any atom is -0.467 e. The van der Waals surface area contributed by atoms with Gasteiger partial charge in [0, 0.05) is 15.8 Å². The summed E-state index contributed by atoms with van der Waals surface area (Å²) in [6.45, 7) is 1.74. The molecule has 132 valence electrons. The number of hydrogen-bond acceptors (Lipinski definition) is 6. The molecule has 4 aromatic rings. The van der Waals surface area contributed by atoms with E-state index in [1.54, 1.807) is 29.7 Å². The first-order valence-electron chi connectivity index (χ1n) is 7.97. The third-order valence-electron chi connectivity index (χ3n) is 4.01. The lowest BCUT2D eigenvalue weighted by Crippen LogP contribution is -2.33. The van der Waals surface area contributed by atoms with Gasteiger partial charge in [-0.15, -0.1) is 22.7 Å². The smallest absolute Gasteiger partial charge is 0.263 e. The van der Waals surface area contributed by atoms with Gasteiger partial charge in [0.15, 0.2) is 0 Å². The molecule has 1 atom stereocenters. The van der Waals surface area contributed by atoms with E-state index in [1.807, 2.05) is 29.8 Å². The number of thiophene rings is 2. The van der Waals surface area contributed by atoms with Gasteiger partial charge in [0.25, 0.3) is 5.56 Å². The van der Waals surface area contributed by atoms with Crippen LogP contribution in [0, 0.1) is 0 Å². The van der Waals surface area contributed by atoms with Crippen LogP contribution in [0.15, 0.2) is 56.8 Å². The van der Waals surface area contributed by atoms with E-state index in [-0.39, 0.29) is 24.1 Å². The normalized spacial score (nSPS) is 12.3. The second kappa shape index (κ2) is 6.89. The SMILES string of the molecule is CC(NC(=O)Cn1cnc2scc(-c3cccs3)c2c1=O)c1ccco1. The number of nitrogens with zero attached hydrogens (tertiary/aromatic N) is 2. The van der Waals surface area contributed by atoms with E-state index in [9.17, 15) is 9.59 Å². The van der Waals surface area contributed by atoms with Gasteiger partial charge in [-0.3, -0.25) is 14.2 Å². The van der Waals surface area contributed by atoms with Gasteiger partial charge in [-0.2, -0.15) is 0 Å². The van der Waals surface area contributed by atoms with Gasteiger partial charge in [-0.05, 0) is 30.5 Å². The first-order valence-corrected chi connectivity index (χ1v) is 9.72. The van der Waals surface area contributed by atoms with Crippen LogP contribution >= 0.6 is 22.7 Å². The molecule has 0 aliphatic rings. The Bertz CT molecular complexity index is 1090. The maximum atomic E-state index is 12.9. The molecule has 0 spiro atoms. The van der Waals surface area contributed by atoms with Crippen LogP contribution in [0.25, 0.3) is 20.7 Å². The zero-order chi connectivity index (χ0) is 18.1. The number of amides is 1. The lowest BCUT2D eigenvalue weighted by atomic mass is 10.2. The summed E-state index contributed by atoms with van der Waals surface area (Å²) in [6.07, 6.45) is 2.99. The Kier molecular flexibility index (Phi) is 4.44. The Hall–Kier alpha value is -2.71. The zero-order valence-electron chi connectivity index (χ0n) is 13.8. The van der Waals surface area contributed by atoms with Crippen molar-refractivity contribution in [2.45, 2.75) is 19.5 Å². The van der Waals surface area contributed by atoms with E-state index in [1.165, 1.54) is 22.2 Å². The van der Waals surface area contributed by atoms with Gasteiger partial charge in [-0.1, -0.05) is 6.07 Å². The van der Waals surface area contributed by atoms with Crippen molar-refractivity contribution in [3.8, 4) is 10.4 Å². The van der Waals surface area contributed by atoms with Crippen LogP contribution < -0.4 is 10.9 Å². The first-order chi connectivity index (χ1) is 12.6. The molecule has 0 aliphatic carbocycles. The molecule has 1 amide bonds. The molecule has 26 heavy (non-hydrogen) atoms. The Morgan fingerprint density at radius 1 is 1.35 bits per heavy atom. The van der Waals surface area contributed by atoms with Crippen molar-refractivity contribution in [3.05, 3.63) is 63.7 Å². The topological polar surface area (TPSA) is 77.1 Å². The van der Waals surface area contributed by atoms with Crippen molar-refractivity contribution >= 4 is 38.8 Å². The molecule has 0 saturated carbocycles. The highest BCUT2D eigenvalue weighted by atomic mass is 32.1. The number of rotatable bonds is 5. The standard InChI is InChI=1S/C18H15N3O3S2/c1-11(13-4-2-6-24-13)20-15(22)8-21-10-19-17-16(18(21)23)12(9-26-17)14-5-3-7-25-14/h2-7,9-11H,8H2,1H3,(H,20,22). The quantitative estimate of drug-likeness (QED) is 0.569. The Morgan fingerprint density at radius 2 is 2.23 bits per heavy atom. The van der Waals surface area contributed by atoms with Crippen LogP contribution in [0.4, 0.5) is 0 Å². The van der Waals surface area contributed by atoms with Crippen molar-refractivity contribution in [2.75, 3.05) is 0 Å². The maximum Gasteiger partial charge on any atom is 0.263 e. The molecule has 0 fully saturated rings. The van der Waals surface area contributed by atoms with Gasteiger partial charge >= 0.3 is 0 Å². The molecule has 0 saturated heterocycles. The van der Waals surface area contributed by atoms with E-state index >= 15 is 0 Å². The Balaban J connectivity index is 1.61. The zero-order valence-corrected chi connectivity index (χ0v) is 15.5. The average Bonchev–Trinajstić information content (AvgIpc) is 3.38. The summed E-state index contributed by atoms with van der Waals surface area (Å²) in [7, 11) is 0. The predicted molar refractivity (Wildman–Crippen MR) is 102 cm³/mol. The van der Waals surface area contributed by atoms with Crippen molar-refractivity contribution in [1.29, 1.82) is 0 Å². The highest BCUT2D eigenvalue weighted by Crippen LogP contribution is 2.33. The van der Waals surface area contributed by atoms with Crippen LogP contribution in [-0.4, -0.2) is 15.5 Å². The van der Waals surface area contributed by atoms with Crippen molar-refractivity contribution in [3.63, 3.8) is 0 Å². The number of fused-ring (bicyclic) bond motifs is 1. The number of carbonyl (C=O) groups is 1. The van der Waals surface area contributed by atoms with Crippen LogP contribution in [-0.2, 0) is 11.3 Å². The molecule has 4 aromatic heterocycles. The minimum atomic E-state index is -0.273. The largest absolute Gasteiger partial charge is 0.467 e. The van der Waals surface area contributed by atoms with E-state index in [0.29, 0.717) is 16.0 Å². The second-order valence-corrected chi connectivity index (χ2v) is 7.59. The number of hydrogen-bond donors (Lipinski definition) is 1. The number of nitrogens with one attached hydrogen (secondary N) is 1. The minimum absolute atomic E-state index is 0.0907. The first kappa shape index (κ1) is 16.7. The average molecular weight is 385 g/mol. The molecule has 4 heterocycles. The van der Waals surface area contributed by atoms with E-state index in [2.05, 4.69) is 10.3 Å². The fourth-order valence-corrected chi connectivity index (χ4v) is 4.46. The van der Waals surface area contributed by atoms with Crippen molar-refractivity contribution < 1.29 is 9.21 Å². The lowest BCUT2D eigenvalue weighted by Gasteiger charge is -2.12. The summed E-state index contributed by atoms with van der Waals surface area (Å²) in [5.74, 6) is 0.391. The van der Waals surface area contributed by atoms with Crippen LogP contribution in [0.2, 0.25) is 0 Å². The van der Waals surface area contributed by atoms with Crippen molar-refractivity contribution in [2.24, 2.45) is 0 Å². The van der Waals surface area contributed by atoms with Gasteiger partial charge in [0.2, 0.25) is 5.91 Å². The van der Waals surface area contributed by atoms with Crippen LogP contribution in [0.1, 0.15) is 18.7 Å². The fourth-order valence-electron chi connectivity index (χ4n) is 2.74. The molecular formula is C18H15N3O3S2. The van der Waals surface area contributed by atoms with E-state index in [0.717, 1.165) is 10.4 Å². The number of carbonyl (C=O) groups excluding carboxylic acids is 1. The summed E-state index contributed by atoms with van der Waals surface area (Å²) >= 11 is 3.00. The predicted octanol–water partition coefficient (Wildman–Crippen LogP) is 3.66. The van der Waals surface area contributed by atoms with E-state index < -0.39 is 0 Å². The molecule has 0 aromatic carbocycles. The summed E-state index contributed by atoms with van der Waals surface area (Å²) < 4.78 is 6.62. The molecule has 0 aliphatic heterocycles. The Labute approximate surface area is 156 Å². The monoisotopic (exact) mass is 385 g/mol. The van der Waals surface area contributed by atoms with Gasteiger partial charge in [0.1, 0.15) is 17.1 Å². The van der Waals surface area contributed by atoms with Gasteiger partial charge < -0.3 is 9.73 Å². The van der Waals surface area contributed by atoms with Gasteiger partial charge in [0.05, 0.1) is 24.0 Å². The molecule has 1 unspecified atom stereocenters. The molecular weight excluding hydrogens is 370 g/mol. The molecule has 6 nitrogen and oxygen atoms in total. The summed E-state index contributed by atoms with van der Waals surface area (Å²) in [5, 5.41) is 7.30. The molecule has 1 N–H and O–H groups in total. The molecule has 8 heteroatoms. The Morgan fingerprint density at radius 3 is 2.96 bits per heavy atom.